The van der Waals surface area contributed by atoms with Crippen LogP contribution in [0.25, 0.3) is 21.5 Å². The number of rotatable bonds is 2. The van der Waals surface area contributed by atoms with Crippen molar-refractivity contribution in [1.82, 2.24) is 0 Å². The van der Waals surface area contributed by atoms with E-state index in [0.717, 1.165) is 16.2 Å². The third-order valence-electron chi connectivity index (χ3n) is 3.28. The Hall–Kier alpha value is -2.35. The van der Waals surface area contributed by atoms with E-state index in [-0.39, 0.29) is 5.97 Å². The third-order valence-corrected chi connectivity index (χ3v) is 3.28. The monoisotopic (exact) mass is 250 g/mol. The fourth-order valence-electron chi connectivity index (χ4n) is 2.43. The van der Waals surface area contributed by atoms with E-state index in [1.165, 1.54) is 5.39 Å². The summed E-state index contributed by atoms with van der Waals surface area (Å²) in [6.07, 6.45) is 0. The van der Waals surface area contributed by atoms with Crippen LogP contribution in [0.3, 0.4) is 0 Å². The number of fused-ring (bicyclic) bond motifs is 3. The molecule has 0 aliphatic rings. The summed E-state index contributed by atoms with van der Waals surface area (Å²) in [5, 5.41) is 4.37. The lowest BCUT2D eigenvalue weighted by Crippen LogP contribution is -2.05. The zero-order valence-electron chi connectivity index (χ0n) is 10.7. The first kappa shape index (κ1) is 11.7. The lowest BCUT2D eigenvalue weighted by Gasteiger charge is -2.08. The molecule has 3 aromatic rings. The van der Waals surface area contributed by atoms with Gasteiger partial charge >= 0.3 is 5.97 Å². The van der Waals surface area contributed by atoms with Crippen LogP contribution in [0.15, 0.2) is 54.6 Å². The zero-order chi connectivity index (χ0) is 13.2. The molecular formula is C17H14O2. The van der Waals surface area contributed by atoms with Crippen molar-refractivity contribution in [1.29, 1.82) is 0 Å². The second-order valence-corrected chi connectivity index (χ2v) is 4.41. The van der Waals surface area contributed by atoms with Crippen LogP contribution in [0, 0.1) is 0 Å². The Bertz CT molecular complexity index is 759. The van der Waals surface area contributed by atoms with Gasteiger partial charge in [0.1, 0.15) is 0 Å². The topological polar surface area (TPSA) is 26.3 Å². The van der Waals surface area contributed by atoms with Gasteiger partial charge in [-0.15, -0.1) is 0 Å². The molecule has 0 saturated carbocycles. The molecule has 3 aromatic carbocycles. The highest BCUT2D eigenvalue weighted by atomic mass is 16.5. The molecular weight excluding hydrogens is 236 g/mol. The Morgan fingerprint density at radius 3 is 2.53 bits per heavy atom. The van der Waals surface area contributed by atoms with Crippen LogP contribution in [0.4, 0.5) is 0 Å². The number of benzene rings is 3. The molecule has 19 heavy (non-hydrogen) atoms. The van der Waals surface area contributed by atoms with Gasteiger partial charge in [0.15, 0.2) is 0 Å². The fraction of sp³-hybridized carbons (Fsp3) is 0.118. The maximum Gasteiger partial charge on any atom is 0.338 e. The molecule has 0 heterocycles. The lowest BCUT2D eigenvalue weighted by atomic mass is 9.98. The summed E-state index contributed by atoms with van der Waals surface area (Å²) in [5.41, 5.74) is 0.630. The van der Waals surface area contributed by atoms with Crippen LogP contribution in [0.1, 0.15) is 17.3 Å². The average Bonchev–Trinajstić information content (AvgIpc) is 2.46. The van der Waals surface area contributed by atoms with Crippen LogP contribution in [0.2, 0.25) is 0 Å². The summed E-state index contributed by atoms with van der Waals surface area (Å²) in [4.78, 5) is 12.0. The summed E-state index contributed by atoms with van der Waals surface area (Å²) in [6, 6.07) is 18.0. The van der Waals surface area contributed by atoms with Gasteiger partial charge in [0.05, 0.1) is 12.2 Å². The van der Waals surface area contributed by atoms with Gasteiger partial charge in [-0.05, 0) is 34.5 Å². The highest BCUT2D eigenvalue weighted by molar-refractivity contribution is 6.14. The van der Waals surface area contributed by atoms with E-state index >= 15 is 0 Å². The quantitative estimate of drug-likeness (QED) is 0.504. The molecule has 0 aromatic heterocycles. The summed E-state index contributed by atoms with van der Waals surface area (Å²) >= 11 is 0. The molecule has 0 saturated heterocycles. The Morgan fingerprint density at radius 1 is 0.895 bits per heavy atom. The van der Waals surface area contributed by atoms with Crippen LogP contribution in [-0.4, -0.2) is 12.6 Å². The molecule has 2 heteroatoms. The van der Waals surface area contributed by atoms with E-state index < -0.39 is 0 Å². The van der Waals surface area contributed by atoms with Crippen molar-refractivity contribution < 1.29 is 9.53 Å². The first-order valence-corrected chi connectivity index (χ1v) is 6.39. The van der Waals surface area contributed by atoms with Gasteiger partial charge in [-0.25, -0.2) is 4.79 Å². The van der Waals surface area contributed by atoms with Gasteiger partial charge in [-0.1, -0.05) is 48.5 Å². The molecule has 0 radical (unpaired) electrons. The second-order valence-electron chi connectivity index (χ2n) is 4.41. The first-order chi connectivity index (χ1) is 9.31. The van der Waals surface area contributed by atoms with Gasteiger partial charge in [0.2, 0.25) is 0 Å². The second kappa shape index (κ2) is 4.73. The Morgan fingerprint density at radius 2 is 1.68 bits per heavy atom. The molecule has 0 N–H and O–H groups in total. The molecule has 0 atom stereocenters. The maximum atomic E-state index is 12.0. The van der Waals surface area contributed by atoms with E-state index in [2.05, 4.69) is 12.1 Å². The van der Waals surface area contributed by atoms with Crippen molar-refractivity contribution in [2.75, 3.05) is 6.61 Å². The van der Waals surface area contributed by atoms with Gasteiger partial charge in [-0.2, -0.15) is 0 Å². The largest absolute Gasteiger partial charge is 0.462 e. The van der Waals surface area contributed by atoms with E-state index in [4.69, 9.17) is 4.74 Å². The Kier molecular flexibility index (Phi) is 2.92. The van der Waals surface area contributed by atoms with Crippen molar-refractivity contribution >= 4 is 27.5 Å². The lowest BCUT2D eigenvalue weighted by molar-refractivity contribution is 0.0528. The highest BCUT2D eigenvalue weighted by Gasteiger charge is 2.11. The third kappa shape index (κ3) is 1.95. The number of hydrogen-bond donors (Lipinski definition) is 0. The summed E-state index contributed by atoms with van der Waals surface area (Å²) in [6.45, 7) is 2.21. The molecule has 0 aliphatic heterocycles. The number of carbonyl (C=O) groups excluding carboxylic acids is 1. The molecule has 2 nitrogen and oxygen atoms in total. The molecule has 94 valence electrons. The van der Waals surface area contributed by atoms with E-state index in [1.54, 1.807) is 0 Å². The molecule has 0 aliphatic carbocycles. The summed E-state index contributed by atoms with van der Waals surface area (Å²) in [7, 11) is 0. The van der Waals surface area contributed by atoms with Crippen LogP contribution in [-0.2, 0) is 4.74 Å². The van der Waals surface area contributed by atoms with Gasteiger partial charge in [0, 0.05) is 0 Å². The molecule has 0 fully saturated rings. The van der Waals surface area contributed by atoms with E-state index in [1.807, 2.05) is 49.4 Å². The molecule has 0 bridgehead atoms. The maximum absolute atomic E-state index is 12.0. The summed E-state index contributed by atoms with van der Waals surface area (Å²) in [5.74, 6) is -0.261. The number of ether oxygens (including phenoxy) is 1. The van der Waals surface area contributed by atoms with E-state index in [0.29, 0.717) is 12.2 Å². The predicted octanol–water partition coefficient (Wildman–Crippen LogP) is 4.17. The minimum atomic E-state index is -0.261. The fourth-order valence-corrected chi connectivity index (χ4v) is 2.43. The number of hydrogen-bond acceptors (Lipinski definition) is 2. The van der Waals surface area contributed by atoms with Crippen LogP contribution >= 0.6 is 0 Å². The van der Waals surface area contributed by atoms with Crippen molar-refractivity contribution in [2.45, 2.75) is 6.92 Å². The minimum Gasteiger partial charge on any atom is -0.462 e. The van der Waals surface area contributed by atoms with Gasteiger partial charge in [0.25, 0.3) is 0 Å². The van der Waals surface area contributed by atoms with Crippen molar-refractivity contribution in [3.8, 4) is 0 Å². The molecule has 0 spiro atoms. The SMILES string of the molecule is CCOC(=O)c1cccc2c1ccc1ccccc12. The first-order valence-electron chi connectivity index (χ1n) is 6.39. The van der Waals surface area contributed by atoms with Crippen molar-refractivity contribution in [3.63, 3.8) is 0 Å². The normalized spacial score (nSPS) is 10.8. The van der Waals surface area contributed by atoms with E-state index in [9.17, 15) is 4.79 Å². The van der Waals surface area contributed by atoms with Gasteiger partial charge in [-0.3, -0.25) is 0 Å². The Balaban J connectivity index is 2.32. The van der Waals surface area contributed by atoms with Crippen LogP contribution in [0.5, 0.6) is 0 Å². The molecule has 3 rings (SSSR count). The van der Waals surface area contributed by atoms with Gasteiger partial charge < -0.3 is 4.74 Å². The molecule has 0 amide bonds. The van der Waals surface area contributed by atoms with Crippen LogP contribution < -0.4 is 0 Å². The predicted molar refractivity (Wildman–Crippen MR) is 77.4 cm³/mol. The zero-order valence-corrected chi connectivity index (χ0v) is 10.7. The highest BCUT2D eigenvalue weighted by Crippen LogP contribution is 2.27. The minimum absolute atomic E-state index is 0.261. The number of esters is 1. The molecule has 0 unspecified atom stereocenters. The smallest absolute Gasteiger partial charge is 0.338 e. The average molecular weight is 250 g/mol. The van der Waals surface area contributed by atoms with Crippen molar-refractivity contribution in [2.24, 2.45) is 0 Å². The number of carbonyl (C=O) groups is 1. The summed E-state index contributed by atoms with van der Waals surface area (Å²) < 4.78 is 5.11. The standard InChI is InChI=1S/C17H14O2/c1-2-19-17(18)16-9-5-8-14-13-7-4-3-6-12(13)10-11-15(14)16/h3-11H,2H2,1H3. The Labute approximate surface area is 111 Å². The van der Waals surface area contributed by atoms with Crippen molar-refractivity contribution in [3.05, 3.63) is 60.2 Å².